The highest BCUT2D eigenvalue weighted by Crippen LogP contribution is 2.26. The van der Waals surface area contributed by atoms with Gasteiger partial charge < -0.3 is 5.32 Å². The summed E-state index contributed by atoms with van der Waals surface area (Å²) in [4.78, 5) is 17.0. The first-order chi connectivity index (χ1) is 12.4. The largest absolute Gasteiger partial charge is 0.349 e. The third kappa shape index (κ3) is 4.51. The molecule has 0 fully saturated rings. The molecule has 0 spiro atoms. The van der Waals surface area contributed by atoms with Crippen LogP contribution < -0.4 is 5.32 Å². The number of halogens is 1. The fourth-order valence-corrected chi connectivity index (χ4v) is 3.91. The van der Waals surface area contributed by atoms with E-state index < -0.39 is 0 Å². The second kappa shape index (κ2) is 8.02. The predicted octanol–water partition coefficient (Wildman–Crippen LogP) is 5.50. The fourth-order valence-electron chi connectivity index (χ4n) is 2.90. The number of aromatic nitrogens is 1. The molecule has 0 radical (unpaired) electrons. The van der Waals surface area contributed by atoms with Crippen LogP contribution in [-0.2, 0) is 11.2 Å². The lowest BCUT2D eigenvalue weighted by Gasteiger charge is -2.17. The number of rotatable bonds is 5. The van der Waals surface area contributed by atoms with Crippen LogP contribution in [0.3, 0.4) is 0 Å². The van der Waals surface area contributed by atoms with Crippen LogP contribution in [0.4, 0.5) is 0 Å². The molecule has 134 valence electrons. The number of thiazole rings is 1. The molecule has 26 heavy (non-hydrogen) atoms. The summed E-state index contributed by atoms with van der Waals surface area (Å²) >= 11 is 7.56. The predicted molar refractivity (Wildman–Crippen MR) is 109 cm³/mol. The van der Waals surface area contributed by atoms with Gasteiger partial charge in [-0.15, -0.1) is 11.3 Å². The van der Waals surface area contributed by atoms with Crippen molar-refractivity contribution in [3.05, 3.63) is 75.3 Å². The summed E-state index contributed by atoms with van der Waals surface area (Å²) < 4.78 is 0. The van der Waals surface area contributed by atoms with Crippen molar-refractivity contribution in [2.75, 3.05) is 0 Å². The lowest BCUT2D eigenvalue weighted by atomic mass is 10.00. The normalized spacial score (nSPS) is 12.0. The molecule has 1 aromatic heterocycles. The van der Waals surface area contributed by atoms with Crippen molar-refractivity contribution in [1.82, 2.24) is 10.3 Å². The van der Waals surface area contributed by atoms with Crippen molar-refractivity contribution in [3.63, 3.8) is 0 Å². The van der Waals surface area contributed by atoms with Gasteiger partial charge in [0.2, 0.25) is 5.91 Å². The van der Waals surface area contributed by atoms with E-state index in [1.54, 1.807) is 0 Å². The van der Waals surface area contributed by atoms with Gasteiger partial charge in [0.15, 0.2) is 0 Å². The van der Waals surface area contributed by atoms with Crippen molar-refractivity contribution in [3.8, 4) is 10.6 Å². The van der Waals surface area contributed by atoms with Gasteiger partial charge in [-0.2, -0.15) is 0 Å². The Balaban J connectivity index is 1.66. The molecule has 3 aromatic rings. The molecule has 0 bridgehead atoms. The number of hydrogen-bond donors (Lipinski definition) is 1. The van der Waals surface area contributed by atoms with E-state index in [0.29, 0.717) is 5.02 Å². The van der Waals surface area contributed by atoms with E-state index in [9.17, 15) is 4.79 Å². The smallest absolute Gasteiger partial charge is 0.226 e. The molecule has 0 aliphatic heterocycles. The van der Waals surface area contributed by atoms with E-state index >= 15 is 0 Å². The SMILES string of the molecule is Cc1ccc(C)c(C(C)NC(=O)Cc2csc(-c3cccc(Cl)c3)n2)c1. The quantitative estimate of drug-likeness (QED) is 0.631. The number of carbonyl (C=O) groups excluding carboxylic acids is 1. The van der Waals surface area contributed by atoms with Crippen molar-refractivity contribution < 1.29 is 4.79 Å². The van der Waals surface area contributed by atoms with E-state index in [4.69, 9.17) is 11.6 Å². The molecule has 5 heteroatoms. The van der Waals surface area contributed by atoms with Crippen LogP contribution in [0.25, 0.3) is 10.6 Å². The van der Waals surface area contributed by atoms with Crippen LogP contribution in [0, 0.1) is 13.8 Å². The Morgan fingerprint density at radius 2 is 2.04 bits per heavy atom. The Bertz CT molecular complexity index is 935. The number of carbonyl (C=O) groups is 1. The van der Waals surface area contributed by atoms with E-state index in [1.807, 2.05) is 36.6 Å². The molecule has 1 heterocycles. The molecule has 1 atom stereocenters. The number of aryl methyl sites for hydroxylation is 2. The molecule has 1 N–H and O–H groups in total. The van der Waals surface area contributed by atoms with Crippen LogP contribution in [0.1, 0.15) is 35.3 Å². The summed E-state index contributed by atoms with van der Waals surface area (Å²) in [6.07, 6.45) is 0.270. The third-order valence-electron chi connectivity index (χ3n) is 4.24. The molecule has 1 amide bonds. The Morgan fingerprint density at radius 1 is 1.23 bits per heavy atom. The molecule has 1 unspecified atom stereocenters. The van der Waals surface area contributed by atoms with Crippen molar-refractivity contribution >= 4 is 28.8 Å². The van der Waals surface area contributed by atoms with Crippen molar-refractivity contribution in [1.29, 1.82) is 0 Å². The average Bonchev–Trinajstić information content (AvgIpc) is 3.05. The molecule has 2 aromatic carbocycles. The highest BCUT2D eigenvalue weighted by atomic mass is 35.5. The van der Waals surface area contributed by atoms with Crippen LogP contribution in [0.15, 0.2) is 47.8 Å². The maximum atomic E-state index is 12.4. The van der Waals surface area contributed by atoms with Gasteiger partial charge in [0.25, 0.3) is 0 Å². The van der Waals surface area contributed by atoms with Crippen molar-refractivity contribution in [2.45, 2.75) is 33.2 Å². The summed E-state index contributed by atoms with van der Waals surface area (Å²) in [6, 6.07) is 13.8. The Hall–Kier alpha value is -2.17. The molecular weight excluding hydrogens is 364 g/mol. The minimum absolute atomic E-state index is 0.0265. The number of nitrogens with zero attached hydrogens (tertiary/aromatic N) is 1. The first-order valence-corrected chi connectivity index (χ1v) is 9.75. The van der Waals surface area contributed by atoms with Gasteiger partial charge in [-0.3, -0.25) is 4.79 Å². The molecule has 0 saturated heterocycles. The summed E-state index contributed by atoms with van der Waals surface area (Å²) in [5.74, 6) is -0.0265. The van der Waals surface area contributed by atoms with E-state index in [2.05, 4.69) is 42.3 Å². The lowest BCUT2D eigenvalue weighted by Crippen LogP contribution is -2.28. The summed E-state index contributed by atoms with van der Waals surface area (Å²) in [5.41, 5.74) is 5.27. The van der Waals surface area contributed by atoms with Crippen LogP contribution in [0.2, 0.25) is 5.02 Å². The van der Waals surface area contributed by atoms with Gasteiger partial charge in [-0.05, 0) is 44.0 Å². The molecule has 3 rings (SSSR count). The Labute approximate surface area is 163 Å². The van der Waals surface area contributed by atoms with Crippen LogP contribution >= 0.6 is 22.9 Å². The highest BCUT2D eigenvalue weighted by molar-refractivity contribution is 7.13. The number of benzene rings is 2. The Kier molecular flexibility index (Phi) is 5.74. The standard InChI is InChI=1S/C21H21ClN2OS/c1-13-7-8-14(2)19(9-13)15(3)23-20(25)11-18-12-26-21(24-18)16-5-4-6-17(22)10-16/h4-10,12,15H,11H2,1-3H3,(H,23,25). The minimum atomic E-state index is -0.0339. The zero-order chi connectivity index (χ0) is 18.7. The minimum Gasteiger partial charge on any atom is -0.349 e. The second-order valence-electron chi connectivity index (χ2n) is 6.48. The van der Waals surface area contributed by atoms with E-state index in [0.717, 1.165) is 21.8 Å². The van der Waals surface area contributed by atoms with Gasteiger partial charge in [-0.25, -0.2) is 4.98 Å². The monoisotopic (exact) mass is 384 g/mol. The number of hydrogen-bond acceptors (Lipinski definition) is 3. The third-order valence-corrected chi connectivity index (χ3v) is 5.42. The summed E-state index contributed by atoms with van der Waals surface area (Å²) in [7, 11) is 0. The maximum Gasteiger partial charge on any atom is 0.226 e. The summed E-state index contributed by atoms with van der Waals surface area (Å²) in [5, 5.41) is 6.56. The zero-order valence-electron chi connectivity index (χ0n) is 15.0. The average molecular weight is 385 g/mol. The first kappa shape index (κ1) is 18.6. The highest BCUT2D eigenvalue weighted by Gasteiger charge is 2.14. The van der Waals surface area contributed by atoms with Crippen LogP contribution in [0.5, 0.6) is 0 Å². The van der Waals surface area contributed by atoms with Gasteiger partial charge in [-0.1, -0.05) is 47.5 Å². The van der Waals surface area contributed by atoms with E-state index in [1.165, 1.54) is 22.5 Å². The lowest BCUT2D eigenvalue weighted by molar-refractivity contribution is -0.121. The number of amides is 1. The van der Waals surface area contributed by atoms with Crippen LogP contribution in [-0.4, -0.2) is 10.9 Å². The molecule has 3 nitrogen and oxygen atoms in total. The molecule has 0 saturated carbocycles. The molecular formula is C21H21ClN2OS. The fraction of sp³-hybridized carbons (Fsp3) is 0.238. The molecule has 0 aliphatic carbocycles. The van der Waals surface area contributed by atoms with Gasteiger partial charge >= 0.3 is 0 Å². The van der Waals surface area contributed by atoms with E-state index in [-0.39, 0.29) is 18.4 Å². The van der Waals surface area contributed by atoms with Gasteiger partial charge in [0, 0.05) is 16.0 Å². The van der Waals surface area contributed by atoms with Gasteiger partial charge in [0.05, 0.1) is 18.2 Å². The number of nitrogens with one attached hydrogen (secondary N) is 1. The molecule has 0 aliphatic rings. The first-order valence-electron chi connectivity index (χ1n) is 8.49. The zero-order valence-corrected chi connectivity index (χ0v) is 16.6. The second-order valence-corrected chi connectivity index (χ2v) is 7.77. The van der Waals surface area contributed by atoms with Gasteiger partial charge in [0.1, 0.15) is 5.01 Å². The maximum absolute atomic E-state index is 12.4. The summed E-state index contributed by atoms with van der Waals surface area (Å²) in [6.45, 7) is 6.14. The topological polar surface area (TPSA) is 42.0 Å². The van der Waals surface area contributed by atoms with Crippen molar-refractivity contribution in [2.24, 2.45) is 0 Å². The Morgan fingerprint density at radius 3 is 2.81 bits per heavy atom.